The van der Waals surface area contributed by atoms with E-state index < -0.39 is 17.6 Å². The molecule has 1 saturated heterocycles. The van der Waals surface area contributed by atoms with Crippen molar-refractivity contribution in [3.63, 3.8) is 0 Å². The largest absolute Gasteiger partial charge is 0.455 e. The van der Waals surface area contributed by atoms with Crippen LogP contribution in [0.1, 0.15) is 18.4 Å². The van der Waals surface area contributed by atoms with Crippen LogP contribution < -0.4 is 5.32 Å². The number of nitrogens with one attached hydrogen (secondary N) is 1. The molecule has 100 valence electrons. The Labute approximate surface area is 101 Å². The molecule has 1 fully saturated rings. The summed E-state index contributed by atoms with van der Waals surface area (Å²) in [6.45, 7) is 0.153. The van der Waals surface area contributed by atoms with Crippen LogP contribution >= 0.6 is 0 Å². The molecule has 1 atom stereocenters. The van der Waals surface area contributed by atoms with Crippen molar-refractivity contribution >= 4 is 0 Å². The Morgan fingerprint density at radius 2 is 1.61 bits per heavy atom. The first-order valence-corrected chi connectivity index (χ1v) is 5.56. The van der Waals surface area contributed by atoms with Gasteiger partial charge >= 0.3 is 12.1 Å². The van der Waals surface area contributed by atoms with Gasteiger partial charge in [0.1, 0.15) is 5.54 Å². The molecular formula is C12H12F5N. The van der Waals surface area contributed by atoms with E-state index in [9.17, 15) is 22.0 Å². The molecule has 1 aromatic rings. The van der Waals surface area contributed by atoms with E-state index in [1.54, 1.807) is 6.07 Å². The van der Waals surface area contributed by atoms with Crippen LogP contribution in [0.4, 0.5) is 22.0 Å². The highest BCUT2D eigenvalue weighted by Crippen LogP contribution is 2.52. The van der Waals surface area contributed by atoms with E-state index in [1.807, 2.05) is 0 Å². The van der Waals surface area contributed by atoms with E-state index >= 15 is 0 Å². The summed E-state index contributed by atoms with van der Waals surface area (Å²) < 4.78 is 65.5. The summed E-state index contributed by atoms with van der Waals surface area (Å²) in [7, 11) is 0. The van der Waals surface area contributed by atoms with Crippen molar-refractivity contribution in [3.8, 4) is 0 Å². The second-order valence-corrected chi connectivity index (χ2v) is 4.37. The predicted octanol–water partition coefficient (Wildman–Crippen LogP) is 3.46. The smallest absolute Gasteiger partial charge is 0.302 e. The maximum absolute atomic E-state index is 13.8. The highest BCUT2D eigenvalue weighted by Gasteiger charge is 2.71. The lowest BCUT2D eigenvalue weighted by Gasteiger charge is -2.38. The van der Waals surface area contributed by atoms with Gasteiger partial charge in [-0.2, -0.15) is 22.0 Å². The normalized spacial score (nSPS) is 25.4. The minimum Gasteiger partial charge on any atom is -0.302 e. The topological polar surface area (TPSA) is 12.0 Å². The molecule has 0 radical (unpaired) electrons. The van der Waals surface area contributed by atoms with Gasteiger partial charge in [0.2, 0.25) is 0 Å². The third-order valence-corrected chi connectivity index (χ3v) is 3.31. The first-order valence-electron chi connectivity index (χ1n) is 5.56. The Kier molecular flexibility index (Phi) is 3.09. The fraction of sp³-hybridized carbons (Fsp3) is 0.500. The van der Waals surface area contributed by atoms with Gasteiger partial charge in [0.05, 0.1) is 0 Å². The molecule has 1 heterocycles. The number of halogens is 5. The van der Waals surface area contributed by atoms with Crippen molar-refractivity contribution in [1.29, 1.82) is 0 Å². The Hall–Kier alpha value is -1.17. The van der Waals surface area contributed by atoms with E-state index in [0.717, 1.165) is 0 Å². The second kappa shape index (κ2) is 4.19. The number of benzene rings is 1. The van der Waals surface area contributed by atoms with E-state index in [0.29, 0.717) is 6.42 Å². The van der Waals surface area contributed by atoms with E-state index in [2.05, 4.69) is 5.32 Å². The van der Waals surface area contributed by atoms with Gasteiger partial charge in [-0.15, -0.1) is 0 Å². The highest BCUT2D eigenvalue weighted by atomic mass is 19.4. The van der Waals surface area contributed by atoms with Crippen molar-refractivity contribution in [3.05, 3.63) is 35.9 Å². The van der Waals surface area contributed by atoms with Gasteiger partial charge in [0.25, 0.3) is 0 Å². The summed E-state index contributed by atoms with van der Waals surface area (Å²) in [4.78, 5) is 0. The molecule has 0 bridgehead atoms. The lowest BCUT2D eigenvalue weighted by Crippen LogP contribution is -2.59. The monoisotopic (exact) mass is 265 g/mol. The molecule has 1 aromatic carbocycles. The van der Waals surface area contributed by atoms with Crippen molar-refractivity contribution in [1.82, 2.24) is 5.32 Å². The second-order valence-electron chi connectivity index (χ2n) is 4.37. The maximum atomic E-state index is 13.8. The molecule has 1 N–H and O–H groups in total. The van der Waals surface area contributed by atoms with Gasteiger partial charge in [-0.3, -0.25) is 0 Å². The van der Waals surface area contributed by atoms with Gasteiger partial charge in [-0.25, -0.2) is 0 Å². The number of hydrogen-bond donors (Lipinski definition) is 1. The minimum absolute atomic E-state index is 0.0233. The number of alkyl halides is 5. The molecule has 0 aliphatic carbocycles. The van der Waals surface area contributed by atoms with Crippen LogP contribution in [0, 0.1) is 0 Å². The van der Waals surface area contributed by atoms with Crippen LogP contribution in [0.25, 0.3) is 0 Å². The Morgan fingerprint density at radius 3 is 2.06 bits per heavy atom. The Bertz CT molecular complexity index is 406. The molecule has 1 nitrogen and oxygen atoms in total. The molecule has 18 heavy (non-hydrogen) atoms. The van der Waals surface area contributed by atoms with Crippen LogP contribution in [0.2, 0.25) is 0 Å². The van der Waals surface area contributed by atoms with Gasteiger partial charge in [0, 0.05) is 0 Å². The van der Waals surface area contributed by atoms with Crippen molar-refractivity contribution in [2.75, 3.05) is 6.54 Å². The molecule has 2 rings (SSSR count). The molecule has 1 aliphatic rings. The first-order chi connectivity index (χ1) is 8.31. The molecule has 0 aromatic heterocycles. The van der Waals surface area contributed by atoms with Crippen LogP contribution in [0.5, 0.6) is 0 Å². The van der Waals surface area contributed by atoms with Gasteiger partial charge in [0.15, 0.2) is 0 Å². The summed E-state index contributed by atoms with van der Waals surface area (Å²) in [6, 6.07) is 7.11. The zero-order valence-corrected chi connectivity index (χ0v) is 9.40. The molecular weight excluding hydrogens is 253 g/mol. The Morgan fingerprint density at radius 1 is 1.00 bits per heavy atom. The maximum Gasteiger partial charge on any atom is 0.455 e. The van der Waals surface area contributed by atoms with Gasteiger partial charge in [-0.05, 0) is 24.9 Å². The van der Waals surface area contributed by atoms with Crippen LogP contribution in [0.15, 0.2) is 30.3 Å². The molecule has 1 unspecified atom stereocenters. The van der Waals surface area contributed by atoms with E-state index in [-0.39, 0.29) is 18.5 Å². The van der Waals surface area contributed by atoms with Gasteiger partial charge in [-0.1, -0.05) is 30.3 Å². The fourth-order valence-electron chi connectivity index (χ4n) is 2.40. The zero-order valence-electron chi connectivity index (χ0n) is 9.40. The summed E-state index contributed by atoms with van der Waals surface area (Å²) in [5, 5.41) is 2.36. The summed E-state index contributed by atoms with van der Waals surface area (Å²) in [6.07, 6.45) is -5.51. The quantitative estimate of drug-likeness (QED) is 0.807. The molecule has 1 aliphatic heterocycles. The zero-order chi connectivity index (χ0) is 13.4. The SMILES string of the molecule is FC(F)(F)C(F)(F)C1(c2ccccc2)CCCN1. The van der Waals surface area contributed by atoms with Gasteiger partial charge < -0.3 is 5.32 Å². The third kappa shape index (κ3) is 1.79. The first kappa shape index (κ1) is 13.3. The fourth-order valence-corrected chi connectivity index (χ4v) is 2.40. The lowest BCUT2D eigenvalue weighted by molar-refractivity contribution is -0.312. The van der Waals surface area contributed by atoms with Crippen LogP contribution in [-0.2, 0) is 5.54 Å². The average Bonchev–Trinajstić information content (AvgIpc) is 2.79. The summed E-state index contributed by atoms with van der Waals surface area (Å²) >= 11 is 0. The third-order valence-electron chi connectivity index (χ3n) is 3.31. The van der Waals surface area contributed by atoms with Crippen molar-refractivity contribution < 1.29 is 22.0 Å². The molecule has 0 amide bonds. The van der Waals surface area contributed by atoms with Crippen LogP contribution in [0.3, 0.4) is 0 Å². The summed E-state index contributed by atoms with van der Waals surface area (Å²) in [5.41, 5.74) is -2.36. The lowest BCUT2D eigenvalue weighted by atomic mass is 9.82. The number of hydrogen-bond acceptors (Lipinski definition) is 1. The highest BCUT2D eigenvalue weighted by molar-refractivity contribution is 5.30. The predicted molar refractivity (Wildman–Crippen MR) is 56.4 cm³/mol. The van der Waals surface area contributed by atoms with E-state index in [4.69, 9.17) is 0 Å². The van der Waals surface area contributed by atoms with Crippen molar-refractivity contribution in [2.24, 2.45) is 0 Å². The average molecular weight is 265 g/mol. The molecule has 0 spiro atoms. The Balaban J connectivity index is 2.52. The summed E-state index contributed by atoms with van der Waals surface area (Å²) in [5.74, 6) is -4.79. The molecule has 0 saturated carbocycles. The van der Waals surface area contributed by atoms with Crippen LogP contribution in [-0.4, -0.2) is 18.6 Å². The number of rotatable bonds is 2. The van der Waals surface area contributed by atoms with Crippen molar-refractivity contribution in [2.45, 2.75) is 30.5 Å². The minimum atomic E-state index is -5.57. The molecule has 6 heteroatoms. The standard InChI is InChI=1S/C12H12F5N/c13-11(14,12(15,16)17)10(7-4-8-18-10)9-5-2-1-3-6-9/h1-3,5-6,18H,4,7-8H2. The van der Waals surface area contributed by atoms with E-state index in [1.165, 1.54) is 24.3 Å².